The van der Waals surface area contributed by atoms with Gasteiger partial charge in [0.1, 0.15) is 11.4 Å². The van der Waals surface area contributed by atoms with Crippen LogP contribution < -0.4 is 15.5 Å². The van der Waals surface area contributed by atoms with Crippen LogP contribution in [0.15, 0.2) is 48.9 Å². The van der Waals surface area contributed by atoms with Gasteiger partial charge in [0.2, 0.25) is 0 Å². The summed E-state index contributed by atoms with van der Waals surface area (Å²) in [6, 6.07) is 8.77. The SMILES string of the molecule is CNC(=O)Nc1cc2cccc(N(C(=O)OC(C)(C)C)c3cnccc3C)c2cn1. The van der Waals surface area contributed by atoms with Crippen molar-refractivity contribution in [1.82, 2.24) is 15.3 Å². The highest BCUT2D eigenvalue weighted by Crippen LogP contribution is 2.35. The van der Waals surface area contributed by atoms with Crippen LogP contribution in [-0.4, -0.2) is 34.7 Å². The molecular weight excluding hydrogens is 382 g/mol. The quantitative estimate of drug-likeness (QED) is 0.652. The van der Waals surface area contributed by atoms with Crippen LogP contribution in [0.5, 0.6) is 0 Å². The Morgan fingerprint density at radius 3 is 2.53 bits per heavy atom. The lowest BCUT2D eigenvalue weighted by molar-refractivity contribution is 0.0599. The van der Waals surface area contributed by atoms with Gasteiger partial charge in [0.05, 0.1) is 17.6 Å². The number of fused-ring (bicyclic) bond motifs is 1. The summed E-state index contributed by atoms with van der Waals surface area (Å²) in [6.07, 6.45) is 4.41. The highest BCUT2D eigenvalue weighted by molar-refractivity contribution is 6.06. The lowest BCUT2D eigenvalue weighted by Gasteiger charge is -2.29. The molecule has 2 N–H and O–H groups in total. The lowest BCUT2D eigenvalue weighted by atomic mass is 10.1. The molecule has 0 aliphatic rings. The predicted molar refractivity (Wildman–Crippen MR) is 117 cm³/mol. The number of benzene rings is 1. The first-order valence-electron chi connectivity index (χ1n) is 9.51. The standard InChI is InChI=1S/C22H25N5O3/c1-14-9-10-24-13-18(14)27(21(29)30-22(2,3)4)17-8-6-7-15-11-19(25-12-16(15)17)26-20(28)23-5/h6-13H,1-5H3,(H2,23,25,26,28). The summed E-state index contributed by atoms with van der Waals surface area (Å²) in [4.78, 5) is 34.8. The monoisotopic (exact) mass is 407 g/mol. The molecule has 0 radical (unpaired) electrons. The van der Waals surface area contributed by atoms with E-state index in [2.05, 4.69) is 20.6 Å². The van der Waals surface area contributed by atoms with Gasteiger partial charge in [0.25, 0.3) is 0 Å². The number of amides is 3. The van der Waals surface area contributed by atoms with Crippen molar-refractivity contribution in [1.29, 1.82) is 0 Å². The minimum atomic E-state index is -0.668. The van der Waals surface area contributed by atoms with Gasteiger partial charge < -0.3 is 10.1 Å². The van der Waals surface area contributed by atoms with Gasteiger partial charge in [-0.3, -0.25) is 10.3 Å². The van der Waals surface area contributed by atoms with Gasteiger partial charge >= 0.3 is 12.1 Å². The normalized spacial score (nSPS) is 11.1. The number of urea groups is 1. The minimum absolute atomic E-state index is 0.362. The molecule has 30 heavy (non-hydrogen) atoms. The third-order valence-electron chi connectivity index (χ3n) is 4.28. The maximum absolute atomic E-state index is 13.2. The highest BCUT2D eigenvalue weighted by atomic mass is 16.6. The first-order chi connectivity index (χ1) is 14.2. The highest BCUT2D eigenvalue weighted by Gasteiger charge is 2.27. The second-order valence-corrected chi connectivity index (χ2v) is 7.75. The van der Waals surface area contributed by atoms with Crippen LogP contribution in [0.3, 0.4) is 0 Å². The maximum atomic E-state index is 13.2. The van der Waals surface area contributed by atoms with Crippen LogP contribution in [-0.2, 0) is 4.74 Å². The molecule has 0 bridgehead atoms. The summed E-state index contributed by atoms with van der Waals surface area (Å²) in [6.45, 7) is 7.37. The van der Waals surface area contributed by atoms with E-state index in [9.17, 15) is 9.59 Å². The van der Waals surface area contributed by atoms with E-state index in [1.807, 2.05) is 52.0 Å². The largest absolute Gasteiger partial charge is 0.443 e. The van der Waals surface area contributed by atoms with Crippen molar-refractivity contribution in [2.75, 3.05) is 17.3 Å². The number of pyridine rings is 2. The summed E-state index contributed by atoms with van der Waals surface area (Å²) >= 11 is 0. The van der Waals surface area contributed by atoms with Crippen molar-refractivity contribution >= 4 is 40.1 Å². The second kappa shape index (κ2) is 8.36. The van der Waals surface area contributed by atoms with Crippen LogP contribution in [0.2, 0.25) is 0 Å². The molecule has 0 atom stereocenters. The minimum Gasteiger partial charge on any atom is -0.443 e. The number of nitrogens with one attached hydrogen (secondary N) is 2. The summed E-state index contributed by atoms with van der Waals surface area (Å²) in [7, 11) is 1.53. The molecule has 3 rings (SSSR count). The van der Waals surface area contributed by atoms with Crippen LogP contribution in [0.1, 0.15) is 26.3 Å². The third kappa shape index (κ3) is 4.65. The maximum Gasteiger partial charge on any atom is 0.419 e. The molecule has 0 fully saturated rings. The fourth-order valence-corrected chi connectivity index (χ4v) is 2.92. The molecule has 156 valence electrons. The van der Waals surface area contributed by atoms with E-state index >= 15 is 0 Å². The fraction of sp³-hybridized carbons (Fsp3) is 0.273. The molecule has 0 saturated carbocycles. The topological polar surface area (TPSA) is 96.5 Å². The van der Waals surface area contributed by atoms with E-state index in [1.165, 1.54) is 11.9 Å². The van der Waals surface area contributed by atoms with E-state index in [0.29, 0.717) is 17.2 Å². The molecule has 1 aromatic carbocycles. The third-order valence-corrected chi connectivity index (χ3v) is 4.28. The van der Waals surface area contributed by atoms with Crippen molar-refractivity contribution < 1.29 is 14.3 Å². The Labute approximate surface area is 175 Å². The molecule has 8 nitrogen and oxygen atoms in total. The molecule has 0 unspecified atom stereocenters. The molecule has 3 amide bonds. The summed E-state index contributed by atoms with van der Waals surface area (Å²) in [5.74, 6) is 0.403. The van der Waals surface area contributed by atoms with Crippen LogP contribution in [0.4, 0.5) is 26.8 Å². The average Bonchev–Trinajstić information content (AvgIpc) is 2.68. The Morgan fingerprint density at radius 1 is 1.10 bits per heavy atom. The van der Waals surface area contributed by atoms with E-state index in [-0.39, 0.29) is 6.03 Å². The first kappa shape index (κ1) is 21.0. The van der Waals surface area contributed by atoms with Crippen molar-refractivity contribution in [3.63, 3.8) is 0 Å². The smallest absolute Gasteiger partial charge is 0.419 e. The molecular formula is C22H25N5O3. The summed E-state index contributed by atoms with van der Waals surface area (Å²) in [5, 5.41) is 6.68. The van der Waals surface area contributed by atoms with Gasteiger partial charge in [-0.15, -0.1) is 0 Å². The van der Waals surface area contributed by atoms with Crippen molar-refractivity contribution in [2.45, 2.75) is 33.3 Å². The molecule has 0 saturated heterocycles. The van der Waals surface area contributed by atoms with E-state index in [0.717, 1.165) is 16.3 Å². The molecule has 0 aliphatic carbocycles. The Kier molecular flexibility index (Phi) is 5.86. The fourth-order valence-electron chi connectivity index (χ4n) is 2.92. The van der Waals surface area contributed by atoms with Gasteiger partial charge in [-0.05, 0) is 56.8 Å². The van der Waals surface area contributed by atoms with Crippen molar-refractivity contribution in [2.24, 2.45) is 0 Å². The van der Waals surface area contributed by atoms with E-state index in [4.69, 9.17) is 4.74 Å². The van der Waals surface area contributed by atoms with Crippen molar-refractivity contribution in [3.05, 3.63) is 54.5 Å². The second-order valence-electron chi connectivity index (χ2n) is 7.75. The number of rotatable bonds is 3. The van der Waals surface area contributed by atoms with E-state index in [1.54, 1.807) is 24.7 Å². The number of nitrogens with zero attached hydrogens (tertiary/aromatic N) is 3. The van der Waals surface area contributed by atoms with Gasteiger partial charge in [-0.25, -0.2) is 19.5 Å². The van der Waals surface area contributed by atoms with Crippen LogP contribution in [0.25, 0.3) is 10.8 Å². The summed E-state index contributed by atoms with van der Waals surface area (Å²) in [5.41, 5.74) is 1.43. The molecule has 0 aliphatic heterocycles. The molecule has 2 aromatic heterocycles. The number of aryl methyl sites for hydroxylation is 1. The zero-order chi connectivity index (χ0) is 21.9. The Hall–Kier alpha value is -3.68. The van der Waals surface area contributed by atoms with E-state index < -0.39 is 11.7 Å². The molecule has 8 heteroatoms. The van der Waals surface area contributed by atoms with Gasteiger partial charge in [0.15, 0.2) is 0 Å². The number of hydrogen-bond acceptors (Lipinski definition) is 5. The number of carbonyl (C=O) groups is 2. The molecule has 2 heterocycles. The zero-order valence-corrected chi connectivity index (χ0v) is 17.7. The number of aromatic nitrogens is 2. The zero-order valence-electron chi connectivity index (χ0n) is 17.7. The van der Waals surface area contributed by atoms with Gasteiger partial charge in [0, 0.05) is 24.8 Å². The Morgan fingerprint density at radius 2 is 1.87 bits per heavy atom. The van der Waals surface area contributed by atoms with Gasteiger partial charge in [-0.1, -0.05) is 12.1 Å². The first-order valence-corrected chi connectivity index (χ1v) is 9.51. The summed E-state index contributed by atoms with van der Waals surface area (Å²) < 4.78 is 5.68. The van der Waals surface area contributed by atoms with Crippen LogP contribution in [0, 0.1) is 6.92 Å². The van der Waals surface area contributed by atoms with Crippen molar-refractivity contribution in [3.8, 4) is 0 Å². The lowest BCUT2D eigenvalue weighted by Crippen LogP contribution is -2.34. The molecule has 0 spiro atoms. The number of carbonyl (C=O) groups excluding carboxylic acids is 2. The molecule has 3 aromatic rings. The van der Waals surface area contributed by atoms with Gasteiger partial charge in [-0.2, -0.15) is 0 Å². The Bertz CT molecular complexity index is 1090. The number of anilines is 3. The predicted octanol–water partition coefficient (Wildman–Crippen LogP) is 4.76. The Balaban J connectivity index is 2.14. The average molecular weight is 407 g/mol. The number of ether oxygens (including phenoxy) is 1. The number of hydrogen-bond donors (Lipinski definition) is 2. The van der Waals surface area contributed by atoms with Crippen LogP contribution >= 0.6 is 0 Å².